The molecule has 0 aliphatic carbocycles. The van der Waals surface area contributed by atoms with E-state index in [1.54, 1.807) is 39.4 Å². The molecule has 0 atom stereocenters. The number of amides is 2. The van der Waals surface area contributed by atoms with Gasteiger partial charge >= 0.3 is 5.97 Å². The number of rotatable bonds is 9. The highest BCUT2D eigenvalue weighted by molar-refractivity contribution is 7.99. The van der Waals surface area contributed by atoms with Gasteiger partial charge in [-0.3, -0.25) is 14.2 Å². The Morgan fingerprint density at radius 1 is 1.30 bits per heavy atom. The molecule has 0 spiro atoms. The van der Waals surface area contributed by atoms with Crippen LogP contribution >= 0.6 is 23.1 Å². The van der Waals surface area contributed by atoms with E-state index in [0.29, 0.717) is 33.7 Å². The highest BCUT2D eigenvalue weighted by Crippen LogP contribution is 2.34. The molecule has 3 heterocycles. The van der Waals surface area contributed by atoms with Gasteiger partial charge in [-0.2, -0.15) is 0 Å². The van der Waals surface area contributed by atoms with Crippen molar-refractivity contribution in [3.8, 4) is 11.6 Å². The topological polar surface area (TPSA) is 120 Å². The molecule has 0 aliphatic rings. The summed E-state index contributed by atoms with van der Waals surface area (Å²) in [6.07, 6.45) is 2.42. The van der Waals surface area contributed by atoms with E-state index in [1.165, 1.54) is 23.8 Å². The molecule has 0 bridgehead atoms. The van der Waals surface area contributed by atoms with Crippen molar-refractivity contribution >= 4 is 45.9 Å². The second-order valence-corrected chi connectivity index (χ2v) is 9.19. The monoisotopic (exact) mass is 491 g/mol. The van der Waals surface area contributed by atoms with Crippen molar-refractivity contribution in [2.75, 3.05) is 32.3 Å². The van der Waals surface area contributed by atoms with Crippen LogP contribution in [0.4, 0.5) is 5.00 Å². The number of esters is 1. The quantitative estimate of drug-likeness (QED) is 0.357. The van der Waals surface area contributed by atoms with E-state index < -0.39 is 5.97 Å². The highest BCUT2D eigenvalue weighted by atomic mass is 32.2. The van der Waals surface area contributed by atoms with Gasteiger partial charge in [-0.15, -0.1) is 21.5 Å². The Morgan fingerprint density at radius 3 is 2.67 bits per heavy atom. The summed E-state index contributed by atoms with van der Waals surface area (Å²) in [5.74, 6) is 0.0153. The van der Waals surface area contributed by atoms with Gasteiger partial charge in [0.1, 0.15) is 5.00 Å². The van der Waals surface area contributed by atoms with Crippen LogP contribution in [0.5, 0.6) is 0 Å². The summed E-state index contributed by atoms with van der Waals surface area (Å²) >= 11 is 2.27. The standard InChI is InChI=1S/C21H25N5O5S2/c1-6-9-26-17(13-8-7-10-31-13)23-24-21(26)32-11-14(27)22-18-15(20(29)30-5)12(2)16(33-18)19(28)25(3)4/h7-8,10H,6,9,11H2,1-5H3,(H,22,27). The van der Waals surface area contributed by atoms with E-state index in [0.717, 1.165) is 17.8 Å². The fourth-order valence-corrected chi connectivity index (χ4v) is 5.06. The third-order valence-corrected chi connectivity index (χ3v) is 6.79. The van der Waals surface area contributed by atoms with Crippen molar-refractivity contribution in [3.05, 3.63) is 34.4 Å². The molecule has 0 unspecified atom stereocenters. The first-order valence-electron chi connectivity index (χ1n) is 10.1. The molecule has 0 saturated carbocycles. The zero-order chi connectivity index (χ0) is 24.1. The van der Waals surface area contributed by atoms with Crippen LogP contribution in [-0.4, -0.2) is 64.4 Å². The van der Waals surface area contributed by atoms with Gasteiger partial charge in [0.25, 0.3) is 5.91 Å². The van der Waals surface area contributed by atoms with Crippen molar-refractivity contribution in [2.45, 2.75) is 32.0 Å². The number of hydrogen-bond donors (Lipinski definition) is 1. The van der Waals surface area contributed by atoms with E-state index in [9.17, 15) is 14.4 Å². The molecule has 3 aromatic heterocycles. The van der Waals surface area contributed by atoms with Gasteiger partial charge in [-0.1, -0.05) is 18.7 Å². The molecule has 33 heavy (non-hydrogen) atoms. The molecule has 0 aliphatic heterocycles. The van der Waals surface area contributed by atoms with Crippen LogP contribution in [-0.2, 0) is 16.1 Å². The summed E-state index contributed by atoms with van der Waals surface area (Å²) < 4.78 is 12.2. The van der Waals surface area contributed by atoms with E-state index in [1.807, 2.05) is 11.5 Å². The zero-order valence-electron chi connectivity index (χ0n) is 19.0. The van der Waals surface area contributed by atoms with Gasteiger partial charge in [-0.05, 0) is 31.0 Å². The Kier molecular flexibility index (Phi) is 7.92. The molecule has 10 nitrogen and oxygen atoms in total. The maximum Gasteiger partial charge on any atom is 0.341 e. The minimum atomic E-state index is -0.615. The third-order valence-electron chi connectivity index (χ3n) is 4.63. The number of carbonyl (C=O) groups is 3. The lowest BCUT2D eigenvalue weighted by atomic mass is 10.1. The average Bonchev–Trinajstić information content (AvgIpc) is 3.51. The second-order valence-electron chi connectivity index (χ2n) is 7.22. The summed E-state index contributed by atoms with van der Waals surface area (Å²) in [5.41, 5.74) is 0.652. The Labute approximate surface area is 199 Å². The van der Waals surface area contributed by atoms with Crippen LogP contribution in [0, 0.1) is 6.92 Å². The predicted octanol–water partition coefficient (Wildman–Crippen LogP) is 3.54. The van der Waals surface area contributed by atoms with Gasteiger partial charge in [0.2, 0.25) is 5.91 Å². The van der Waals surface area contributed by atoms with Gasteiger partial charge in [0.05, 0.1) is 29.6 Å². The number of methoxy groups -OCH3 is 1. The van der Waals surface area contributed by atoms with Crippen LogP contribution in [0.25, 0.3) is 11.6 Å². The van der Waals surface area contributed by atoms with E-state index in [-0.39, 0.29) is 28.1 Å². The molecule has 3 aromatic rings. The maximum atomic E-state index is 12.7. The molecule has 3 rings (SSSR count). The summed E-state index contributed by atoms with van der Waals surface area (Å²) in [4.78, 5) is 39.3. The summed E-state index contributed by atoms with van der Waals surface area (Å²) in [7, 11) is 4.50. The fraction of sp³-hybridized carbons (Fsp3) is 0.381. The largest absolute Gasteiger partial charge is 0.465 e. The number of ether oxygens (including phenoxy) is 1. The SMILES string of the molecule is CCCn1c(SCC(=O)Nc2sc(C(=O)N(C)C)c(C)c2C(=O)OC)nnc1-c1ccco1. The normalized spacial score (nSPS) is 10.8. The summed E-state index contributed by atoms with van der Waals surface area (Å²) in [6.45, 7) is 4.36. The molecule has 176 valence electrons. The van der Waals surface area contributed by atoms with Crippen molar-refractivity contribution in [3.63, 3.8) is 0 Å². The molecular formula is C21H25N5O5S2. The van der Waals surface area contributed by atoms with Gasteiger partial charge in [0.15, 0.2) is 16.7 Å². The molecule has 12 heteroatoms. The Bertz CT molecular complexity index is 1150. The number of aromatic nitrogens is 3. The van der Waals surface area contributed by atoms with Gasteiger partial charge < -0.3 is 19.4 Å². The first kappa shape index (κ1) is 24.5. The first-order valence-corrected chi connectivity index (χ1v) is 11.9. The molecular weight excluding hydrogens is 466 g/mol. The predicted molar refractivity (Wildman–Crippen MR) is 126 cm³/mol. The lowest BCUT2D eigenvalue weighted by molar-refractivity contribution is -0.113. The lowest BCUT2D eigenvalue weighted by Crippen LogP contribution is -2.21. The number of anilines is 1. The number of nitrogens with one attached hydrogen (secondary N) is 1. The number of thioether (sulfide) groups is 1. The van der Waals surface area contributed by atoms with Crippen LogP contribution in [0.15, 0.2) is 28.0 Å². The lowest BCUT2D eigenvalue weighted by Gasteiger charge is -2.08. The number of thiophene rings is 1. The smallest absolute Gasteiger partial charge is 0.341 e. The number of furan rings is 1. The Balaban J connectivity index is 1.78. The van der Waals surface area contributed by atoms with Crippen molar-refractivity contribution in [1.29, 1.82) is 0 Å². The summed E-state index contributed by atoms with van der Waals surface area (Å²) in [5, 5.41) is 12.0. The third kappa shape index (κ3) is 5.28. The molecule has 2 amide bonds. The van der Waals surface area contributed by atoms with Crippen LogP contribution in [0.1, 0.15) is 38.9 Å². The number of hydrogen-bond acceptors (Lipinski definition) is 9. The Hall–Kier alpha value is -3.12. The van der Waals surface area contributed by atoms with Crippen LogP contribution in [0.3, 0.4) is 0 Å². The minimum absolute atomic E-state index is 0.0362. The van der Waals surface area contributed by atoms with Crippen LogP contribution in [0.2, 0.25) is 0 Å². The summed E-state index contributed by atoms with van der Waals surface area (Å²) in [6, 6.07) is 3.58. The molecule has 1 N–H and O–H groups in total. The number of carbonyl (C=O) groups excluding carboxylic acids is 3. The van der Waals surface area contributed by atoms with Gasteiger partial charge in [0, 0.05) is 20.6 Å². The van der Waals surface area contributed by atoms with Crippen LogP contribution < -0.4 is 5.32 Å². The van der Waals surface area contributed by atoms with Crippen molar-refractivity contribution in [1.82, 2.24) is 19.7 Å². The fourth-order valence-electron chi connectivity index (χ4n) is 3.06. The second kappa shape index (κ2) is 10.7. The first-order chi connectivity index (χ1) is 15.8. The van der Waals surface area contributed by atoms with Gasteiger partial charge in [-0.25, -0.2) is 4.79 Å². The van der Waals surface area contributed by atoms with E-state index in [4.69, 9.17) is 9.15 Å². The van der Waals surface area contributed by atoms with E-state index >= 15 is 0 Å². The average molecular weight is 492 g/mol. The Morgan fingerprint density at radius 2 is 2.06 bits per heavy atom. The molecule has 0 saturated heterocycles. The van der Waals surface area contributed by atoms with Crippen molar-refractivity contribution in [2.24, 2.45) is 0 Å². The number of nitrogens with zero attached hydrogens (tertiary/aromatic N) is 4. The molecule has 0 aromatic carbocycles. The highest BCUT2D eigenvalue weighted by Gasteiger charge is 2.27. The minimum Gasteiger partial charge on any atom is -0.465 e. The maximum absolute atomic E-state index is 12.7. The zero-order valence-corrected chi connectivity index (χ0v) is 20.6. The molecule has 0 radical (unpaired) electrons. The molecule has 0 fully saturated rings. The van der Waals surface area contributed by atoms with E-state index in [2.05, 4.69) is 15.5 Å². The van der Waals surface area contributed by atoms with Crippen molar-refractivity contribution < 1.29 is 23.5 Å².